The Bertz CT molecular complexity index is 1150. The summed E-state index contributed by atoms with van der Waals surface area (Å²) < 4.78 is 15.3. The van der Waals surface area contributed by atoms with Crippen LogP contribution >= 0.6 is 0 Å². The zero-order valence-corrected chi connectivity index (χ0v) is 17.0. The topological polar surface area (TPSA) is 54.3 Å². The number of anilines is 1. The molecule has 2 aliphatic heterocycles. The monoisotopic (exact) mass is 405 g/mol. The van der Waals surface area contributed by atoms with Gasteiger partial charge in [-0.25, -0.2) is 4.39 Å². The number of halogens is 1. The summed E-state index contributed by atoms with van der Waals surface area (Å²) in [6, 6.07) is 11.7. The van der Waals surface area contributed by atoms with Crippen molar-refractivity contribution in [3.63, 3.8) is 0 Å². The summed E-state index contributed by atoms with van der Waals surface area (Å²) in [5.41, 5.74) is 5.15. The maximum Gasteiger partial charge on any atom is 0.247 e. The first-order valence-corrected chi connectivity index (χ1v) is 10.5. The molecule has 0 saturated heterocycles. The lowest BCUT2D eigenvalue weighted by Gasteiger charge is -2.30. The first kappa shape index (κ1) is 19.0. The molecule has 0 fully saturated rings. The Morgan fingerprint density at radius 3 is 2.80 bits per heavy atom. The van der Waals surface area contributed by atoms with Crippen molar-refractivity contribution in [2.75, 3.05) is 18.4 Å². The van der Waals surface area contributed by atoms with Crippen LogP contribution in [0.2, 0.25) is 0 Å². The molecule has 1 amide bonds. The van der Waals surface area contributed by atoms with Gasteiger partial charge in [-0.3, -0.25) is 14.5 Å². The molecule has 0 radical (unpaired) electrons. The van der Waals surface area contributed by atoms with Crippen LogP contribution in [0.1, 0.15) is 47.4 Å². The van der Waals surface area contributed by atoms with Crippen molar-refractivity contribution in [2.24, 2.45) is 0 Å². The minimum absolute atomic E-state index is 0.0372. The maximum absolute atomic E-state index is 13.0. The molecule has 0 bridgehead atoms. The molecule has 6 heteroatoms. The number of carbonyl (C=O) groups is 2. The highest BCUT2D eigenvalue weighted by molar-refractivity contribution is 6.07. The molecule has 1 aromatic heterocycles. The third kappa shape index (κ3) is 3.12. The van der Waals surface area contributed by atoms with Crippen LogP contribution in [0.4, 0.5) is 10.1 Å². The average molecular weight is 405 g/mol. The number of nitrogens with one attached hydrogen (secondary N) is 1. The molecule has 154 valence electrons. The van der Waals surface area contributed by atoms with E-state index < -0.39 is 0 Å². The Hall–Kier alpha value is -2.99. The zero-order chi connectivity index (χ0) is 20.8. The number of fused-ring (bicyclic) bond motifs is 3. The van der Waals surface area contributed by atoms with Crippen LogP contribution in [0, 0.1) is 5.82 Å². The summed E-state index contributed by atoms with van der Waals surface area (Å²) in [4.78, 5) is 27.1. The summed E-state index contributed by atoms with van der Waals surface area (Å²) in [5, 5.41) is 4.24. The first-order valence-electron chi connectivity index (χ1n) is 10.5. The molecule has 30 heavy (non-hydrogen) atoms. The van der Waals surface area contributed by atoms with Gasteiger partial charge in [-0.1, -0.05) is 12.1 Å². The van der Waals surface area contributed by atoms with Crippen LogP contribution < -0.4 is 5.32 Å². The Labute approximate surface area is 174 Å². The van der Waals surface area contributed by atoms with E-state index in [-0.39, 0.29) is 23.5 Å². The number of hydrogen-bond acceptors (Lipinski definition) is 3. The number of nitrogens with zero attached hydrogens (tertiary/aromatic N) is 2. The third-order valence-electron chi connectivity index (χ3n) is 6.36. The second-order valence-corrected chi connectivity index (χ2v) is 8.22. The molecular formula is C24H24FN3O2. The standard InChI is InChI=1S/C24H24FN3O2/c1-15-24(30)26-20-5-2-4-18-19-14-27(13-11-21(19)28(15)23(18)20)12-3-6-22(29)16-7-9-17(25)10-8-16/h2,4-5,7-10,15H,3,6,11-14H2,1H3,(H,26,30). The number of para-hydroxylation sites is 1. The van der Waals surface area contributed by atoms with Gasteiger partial charge in [0.25, 0.3) is 0 Å². The van der Waals surface area contributed by atoms with Gasteiger partial charge in [0.1, 0.15) is 11.9 Å². The number of amides is 1. The van der Waals surface area contributed by atoms with Gasteiger partial charge in [0.05, 0.1) is 11.2 Å². The minimum Gasteiger partial charge on any atom is -0.330 e. The van der Waals surface area contributed by atoms with Gasteiger partial charge in [0, 0.05) is 42.6 Å². The number of hydrogen-bond donors (Lipinski definition) is 1. The van der Waals surface area contributed by atoms with Gasteiger partial charge in [0.15, 0.2) is 5.78 Å². The largest absolute Gasteiger partial charge is 0.330 e. The van der Waals surface area contributed by atoms with Gasteiger partial charge < -0.3 is 9.88 Å². The quantitative estimate of drug-likeness (QED) is 0.644. The van der Waals surface area contributed by atoms with Gasteiger partial charge in [-0.2, -0.15) is 0 Å². The van der Waals surface area contributed by atoms with E-state index in [0.717, 1.165) is 43.7 Å². The summed E-state index contributed by atoms with van der Waals surface area (Å²) in [6.45, 7) is 4.54. The second kappa shape index (κ2) is 7.36. The highest BCUT2D eigenvalue weighted by atomic mass is 19.1. The fraction of sp³-hybridized carbons (Fsp3) is 0.333. The number of ketones is 1. The number of carbonyl (C=O) groups excluding carboxylic acids is 2. The van der Waals surface area contributed by atoms with Crippen molar-refractivity contribution in [3.05, 3.63) is 65.1 Å². The van der Waals surface area contributed by atoms with Crippen LogP contribution in [-0.4, -0.2) is 34.2 Å². The SMILES string of the molecule is CC1C(=O)Nc2cccc3c4c(n1c23)CCN(CCCC(=O)c1ccc(F)cc1)C4. The molecule has 0 spiro atoms. The lowest BCUT2D eigenvalue weighted by Crippen LogP contribution is -2.34. The van der Waals surface area contributed by atoms with Gasteiger partial charge in [0.2, 0.25) is 5.91 Å². The Morgan fingerprint density at radius 1 is 1.20 bits per heavy atom. The zero-order valence-electron chi connectivity index (χ0n) is 17.0. The molecule has 0 saturated carbocycles. The van der Waals surface area contributed by atoms with E-state index in [1.54, 1.807) is 12.1 Å². The van der Waals surface area contributed by atoms with Gasteiger partial charge in [-0.05, 0) is 55.8 Å². The van der Waals surface area contributed by atoms with Crippen LogP contribution in [0.25, 0.3) is 10.9 Å². The smallest absolute Gasteiger partial charge is 0.247 e. The second-order valence-electron chi connectivity index (χ2n) is 8.22. The van der Waals surface area contributed by atoms with Crippen molar-refractivity contribution in [1.29, 1.82) is 0 Å². The van der Waals surface area contributed by atoms with Crippen molar-refractivity contribution < 1.29 is 14.0 Å². The molecular weight excluding hydrogens is 381 g/mol. The molecule has 3 heterocycles. The highest BCUT2D eigenvalue weighted by Crippen LogP contribution is 2.39. The Morgan fingerprint density at radius 2 is 2.00 bits per heavy atom. The van der Waals surface area contributed by atoms with E-state index in [0.29, 0.717) is 12.0 Å². The predicted molar refractivity (Wildman–Crippen MR) is 114 cm³/mol. The average Bonchev–Trinajstić information content (AvgIpc) is 3.08. The Kier molecular flexibility index (Phi) is 4.66. The van der Waals surface area contributed by atoms with Crippen LogP contribution in [0.5, 0.6) is 0 Å². The van der Waals surface area contributed by atoms with Crippen LogP contribution in [0.15, 0.2) is 42.5 Å². The molecule has 1 unspecified atom stereocenters. The molecule has 1 N–H and O–H groups in total. The summed E-state index contributed by atoms with van der Waals surface area (Å²) in [6.07, 6.45) is 2.12. The van der Waals surface area contributed by atoms with Crippen LogP contribution in [-0.2, 0) is 17.8 Å². The number of Topliss-reactive ketones (excluding diaryl/α,β-unsaturated/α-hetero) is 1. The summed E-state index contributed by atoms with van der Waals surface area (Å²) in [5.74, 6) is -0.235. The summed E-state index contributed by atoms with van der Waals surface area (Å²) in [7, 11) is 0. The van der Waals surface area contributed by atoms with Gasteiger partial charge in [-0.15, -0.1) is 0 Å². The van der Waals surface area contributed by atoms with E-state index in [1.165, 1.54) is 28.8 Å². The normalized spacial score (nSPS) is 18.3. The van der Waals surface area contributed by atoms with E-state index in [9.17, 15) is 14.0 Å². The van der Waals surface area contributed by atoms with E-state index in [4.69, 9.17) is 0 Å². The van der Waals surface area contributed by atoms with Gasteiger partial charge >= 0.3 is 0 Å². The van der Waals surface area contributed by atoms with E-state index in [1.807, 2.05) is 19.1 Å². The molecule has 2 aromatic carbocycles. The molecule has 5 nitrogen and oxygen atoms in total. The molecule has 2 aliphatic rings. The van der Waals surface area contributed by atoms with Crippen molar-refractivity contribution >= 4 is 28.3 Å². The van der Waals surface area contributed by atoms with E-state index >= 15 is 0 Å². The molecule has 5 rings (SSSR count). The third-order valence-corrected chi connectivity index (χ3v) is 6.36. The van der Waals surface area contributed by atoms with Crippen molar-refractivity contribution in [3.8, 4) is 0 Å². The predicted octanol–water partition coefficient (Wildman–Crippen LogP) is 4.31. The minimum atomic E-state index is -0.326. The van der Waals surface area contributed by atoms with Crippen molar-refractivity contribution in [2.45, 2.75) is 38.8 Å². The highest BCUT2D eigenvalue weighted by Gasteiger charge is 2.32. The molecule has 3 aromatic rings. The van der Waals surface area contributed by atoms with E-state index in [2.05, 4.69) is 20.9 Å². The van der Waals surface area contributed by atoms with Crippen molar-refractivity contribution in [1.82, 2.24) is 9.47 Å². The summed E-state index contributed by atoms with van der Waals surface area (Å²) >= 11 is 0. The first-order chi connectivity index (χ1) is 14.5. The Balaban J connectivity index is 1.31. The maximum atomic E-state index is 13.0. The number of benzene rings is 2. The lowest BCUT2D eigenvalue weighted by atomic mass is 10.0. The van der Waals surface area contributed by atoms with Crippen LogP contribution in [0.3, 0.4) is 0 Å². The number of rotatable bonds is 5. The molecule has 1 atom stereocenters. The molecule has 0 aliphatic carbocycles. The lowest BCUT2D eigenvalue weighted by molar-refractivity contribution is -0.119. The number of aromatic nitrogens is 1. The fourth-order valence-electron chi connectivity index (χ4n) is 4.81. The fourth-order valence-corrected chi connectivity index (χ4v) is 4.81.